The maximum atomic E-state index is 11.5. The van der Waals surface area contributed by atoms with Crippen LogP contribution >= 0.6 is 0 Å². The molecule has 0 N–H and O–H groups in total. The fourth-order valence-electron chi connectivity index (χ4n) is 1.75. The minimum Gasteiger partial charge on any atom is -0.462 e. The van der Waals surface area contributed by atoms with E-state index in [1.165, 1.54) is 6.92 Å². The predicted octanol–water partition coefficient (Wildman–Crippen LogP) is 1.55. The summed E-state index contributed by atoms with van der Waals surface area (Å²) < 4.78 is 9.82. The summed E-state index contributed by atoms with van der Waals surface area (Å²) in [6, 6.07) is 0. The maximum absolute atomic E-state index is 11.5. The van der Waals surface area contributed by atoms with E-state index in [-0.39, 0.29) is 30.5 Å². The average molecular weight is 254 g/mol. The highest BCUT2D eigenvalue weighted by Crippen LogP contribution is 2.21. The minimum absolute atomic E-state index is 0.0132. The Morgan fingerprint density at radius 1 is 1.22 bits per heavy atom. The molecule has 1 saturated carbocycles. The van der Waals surface area contributed by atoms with Crippen LogP contribution in [0.4, 0.5) is 0 Å². The lowest BCUT2D eigenvalue weighted by Gasteiger charge is -2.11. The third kappa shape index (κ3) is 5.12. The molecule has 5 heteroatoms. The number of rotatable bonds is 6. The van der Waals surface area contributed by atoms with Crippen molar-refractivity contribution >= 4 is 17.7 Å². The second kappa shape index (κ2) is 6.93. The molecule has 0 unspecified atom stereocenters. The Kier molecular flexibility index (Phi) is 5.55. The van der Waals surface area contributed by atoms with Crippen LogP contribution in [0.3, 0.4) is 0 Å². The summed E-state index contributed by atoms with van der Waals surface area (Å²) in [5.74, 6) is -1.45. The van der Waals surface area contributed by atoms with Crippen molar-refractivity contribution in [1.82, 2.24) is 0 Å². The Labute approximate surface area is 106 Å². The van der Waals surface area contributed by atoms with Gasteiger partial charge in [0, 0.05) is 5.57 Å². The predicted molar refractivity (Wildman–Crippen MR) is 63.7 cm³/mol. The van der Waals surface area contributed by atoms with Crippen LogP contribution in [0.5, 0.6) is 0 Å². The molecule has 1 fully saturated rings. The highest BCUT2D eigenvalue weighted by molar-refractivity contribution is 5.94. The molecular weight excluding hydrogens is 236 g/mol. The Bertz CT molecular complexity index is 352. The SMILES string of the molecule is C=C(CC(=O)OC1CCCC1)C(=O)OCC(C)=O. The molecule has 0 saturated heterocycles. The number of hydrogen-bond acceptors (Lipinski definition) is 5. The van der Waals surface area contributed by atoms with E-state index >= 15 is 0 Å². The van der Waals surface area contributed by atoms with Gasteiger partial charge in [0.25, 0.3) is 0 Å². The van der Waals surface area contributed by atoms with Gasteiger partial charge < -0.3 is 9.47 Å². The molecule has 0 aromatic carbocycles. The standard InChI is InChI=1S/C13H18O5/c1-9(13(16)17-8-10(2)14)7-12(15)18-11-5-3-4-6-11/h11H,1,3-8H2,2H3. The molecule has 0 spiro atoms. The second-order valence-electron chi connectivity index (χ2n) is 4.45. The molecule has 0 aliphatic heterocycles. The third-order valence-electron chi connectivity index (χ3n) is 2.65. The number of esters is 2. The number of ketones is 1. The topological polar surface area (TPSA) is 69.7 Å². The maximum Gasteiger partial charge on any atom is 0.334 e. The minimum atomic E-state index is -0.728. The molecule has 0 bridgehead atoms. The number of Topliss-reactive ketones (excluding diaryl/α,β-unsaturated/α-hetero) is 1. The van der Waals surface area contributed by atoms with Crippen molar-refractivity contribution in [3.8, 4) is 0 Å². The lowest BCUT2D eigenvalue weighted by molar-refractivity contribution is -0.150. The molecule has 0 aromatic heterocycles. The average Bonchev–Trinajstić information content (AvgIpc) is 2.78. The van der Waals surface area contributed by atoms with Crippen LogP contribution < -0.4 is 0 Å². The van der Waals surface area contributed by atoms with E-state index < -0.39 is 11.9 Å². The van der Waals surface area contributed by atoms with E-state index in [9.17, 15) is 14.4 Å². The molecule has 1 aliphatic carbocycles. The van der Waals surface area contributed by atoms with Crippen LogP contribution in [0, 0.1) is 0 Å². The summed E-state index contributed by atoms with van der Waals surface area (Å²) in [4.78, 5) is 33.5. The lowest BCUT2D eigenvalue weighted by Crippen LogP contribution is -2.18. The summed E-state index contributed by atoms with van der Waals surface area (Å²) in [6.07, 6.45) is 3.69. The van der Waals surface area contributed by atoms with Crippen LogP contribution in [-0.4, -0.2) is 30.4 Å². The van der Waals surface area contributed by atoms with Crippen molar-refractivity contribution in [2.75, 3.05) is 6.61 Å². The van der Waals surface area contributed by atoms with Crippen molar-refractivity contribution in [3.63, 3.8) is 0 Å². The molecule has 18 heavy (non-hydrogen) atoms. The van der Waals surface area contributed by atoms with Gasteiger partial charge in [-0.1, -0.05) is 6.58 Å². The quantitative estimate of drug-likeness (QED) is 0.531. The van der Waals surface area contributed by atoms with Crippen molar-refractivity contribution in [3.05, 3.63) is 12.2 Å². The van der Waals surface area contributed by atoms with Crippen LogP contribution in [0.1, 0.15) is 39.0 Å². The molecule has 0 aromatic rings. The Morgan fingerprint density at radius 2 is 1.83 bits per heavy atom. The number of ether oxygens (including phenoxy) is 2. The summed E-state index contributed by atoms with van der Waals surface area (Å²) in [5, 5.41) is 0. The molecule has 1 rings (SSSR count). The number of hydrogen-bond donors (Lipinski definition) is 0. The summed E-state index contributed by atoms with van der Waals surface area (Å²) >= 11 is 0. The van der Waals surface area contributed by atoms with Gasteiger partial charge in [0.2, 0.25) is 0 Å². The molecular formula is C13H18O5. The summed E-state index contributed by atoms with van der Waals surface area (Å²) in [6.45, 7) is 4.47. The molecule has 0 amide bonds. The van der Waals surface area contributed by atoms with Crippen molar-refractivity contribution in [2.45, 2.75) is 45.1 Å². The van der Waals surface area contributed by atoms with E-state index in [0.717, 1.165) is 25.7 Å². The molecule has 1 aliphatic rings. The highest BCUT2D eigenvalue weighted by atomic mass is 16.5. The first kappa shape index (κ1) is 14.4. The summed E-state index contributed by atoms with van der Waals surface area (Å²) in [5.41, 5.74) is 0.0132. The Hall–Kier alpha value is -1.65. The van der Waals surface area contributed by atoms with Crippen molar-refractivity contribution < 1.29 is 23.9 Å². The van der Waals surface area contributed by atoms with Crippen LogP contribution in [0.25, 0.3) is 0 Å². The molecule has 0 atom stereocenters. The first-order valence-electron chi connectivity index (χ1n) is 6.03. The van der Waals surface area contributed by atoms with Crippen LogP contribution in [-0.2, 0) is 23.9 Å². The van der Waals surface area contributed by atoms with Crippen molar-refractivity contribution in [2.24, 2.45) is 0 Å². The monoisotopic (exact) mass is 254 g/mol. The Balaban J connectivity index is 2.27. The van der Waals surface area contributed by atoms with Gasteiger partial charge in [-0.3, -0.25) is 9.59 Å². The van der Waals surface area contributed by atoms with E-state index in [2.05, 4.69) is 11.3 Å². The van der Waals surface area contributed by atoms with Crippen molar-refractivity contribution in [1.29, 1.82) is 0 Å². The Morgan fingerprint density at radius 3 is 2.39 bits per heavy atom. The number of carbonyl (C=O) groups is 3. The zero-order valence-electron chi connectivity index (χ0n) is 10.6. The molecule has 5 nitrogen and oxygen atoms in total. The third-order valence-corrected chi connectivity index (χ3v) is 2.65. The van der Waals surface area contributed by atoms with Gasteiger partial charge in [-0.2, -0.15) is 0 Å². The van der Waals surface area contributed by atoms with Gasteiger partial charge >= 0.3 is 11.9 Å². The zero-order chi connectivity index (χ0) is 13.5. The van der Waals surface area contributed by atoms with Gasteiger partial charge in [-0.15, -0.1) is 0 Å². The van der Waals surface area contributed by atoms with E-state index in [1.807, 2.05) is 0 Å². The van der Waals surface area contributed by atoms with Gasteiger partial charge in [0.15, 0.2) is 5.78 Å². The second-order valence-corrected chi connectivity index (χ2v) is 4.45. The highest BCUT2D eigenvalue weighted by Gasteiger charge is 2.21. The first-order chi connectivity index (χ1) is 8.49. The largest absolute Gasteiger partial charge is 0.462 e. The van der Waals surface area contributed by atoms with Gasteiger partial charge in [-0.05, 0) is 32.6 Å². The molecule has 100 valence electrons. The van der Waals surface area contributed by atoms with Gasteiger partial charge in [0.1, 0.15) is 12.7 Å². The zero-order valence-corrected chi connectivity index (χ0v) is 10.6. The smallest absolute Gasteiger partial charge is 0.334 e. The number of carbonyl (C=O) groups excluding carboxylic acids is 3. The van der Waals surface area contributed by atoms with Gasteiger partial charge in [0.05, 0.1) is 6.42 Å². The van der Waals surface area contributed by atoms with E-state index in [1.54, 1.807) is 0 Å². The van der Waals surface area contributed by atoms with E-state index in [4.69, 9.17) is 4.74 Å². The van der Waals surface area contributed by atoms with E-state index in [0.29, 0.717) is 0 Å². The van der Waals surface area contributed by atoms with Crippen LogP contribution in [0.15, 0.2) is 12.2 Å². The molecule has 0 radical (unpaired) electrons. The van der Waals surface area contributed by atoms with Crippen LogP contribution in [0.2, 0.25) is 0 Å². The lowest BCUT2D eigenvalue weighted by atomic mass is 10.2. The molecule has 0 heterocycles. The fourth-order valence-corrected chi connectivity index (χ4v) is 1.75. The first-order valence-corrected chi connectivity index (χ1v) is 6.03. The summed E-state index contributed by atoms with van der Waals surface area (Å²) in [7, 11) is 0. The van der Waals surface area contributed by atoms with Gasteiger partial charge in [-0.25, -0.2) is 4.79 Å². The fraction of sp³-hybridized carbons (Fsp3) is 0.615. The normalized spacial score (nSPS) is 15.2.